The molecule has 2 heterocycles. The number of sulfonamides is 1. The minimum atomic E-state index is -3.63. The number of aromatic nitrogens is 2. The molecule has 1 aliphatic heterocycles. The maximum absolute atomic E-state index is 12.9. The maximum Gasteiger partial charge on any atom is 0.329 e. The number of hydrogen-bond acceptors (Lipinski definition) is 4. The Balaban J connectivity index is 1.40. The van der Waals surface area contributed by atoms with Gasteiger partial charge < -0.3 is 4.90 Å². The van der Waals surface area contributed by atoms with Crippen LogP contribution in [0.25, 0.3) is 11.0 Å². The van der Waals surface area contributed by atoms with Crippen LogP contribution < -0.4 is 5.69 Å². The number of rotatable bonds is 7. The zero-order valence-corrected chi connectivity index (χ0v) is 20.1. The third kappa shape index (κ3) is 4.71. The first kappa shape index (κ1) is 23.5. The lowest BCUT2D eigenvalue weighted by molar-refractivity contribution is -0.132. The minimum absolute atomic E-state index is 0.0854. The minimum Gasteiger partial charge on any atom is -0.340 e. The van der Waals surface area contributed by atoms with Crippen LogP contribution in [0.4, 0.5) is 0 Å². The van der Waals surface area contributed by atoms with E-state index >= 15 is 0 Å². The molecule has 1 aromatic heterocycles. The van der Waals surface area contributed by atoms with Crippen LogP contribution in [0, 0.1) is 0 Å². The van der Waals surface area contributed by atoms with Crippen LogP contribution in [-0.2, 0) is 27.9 Å². The smallest absolute Gasteiger partial charge is 0.329 e. The Labute approximate surface area is 198 Å². The normalized spacial score (nSPS) is 15.3. The van der Waals surface area contributed by atoms with E-state index in [2.05, 4.69) is 0 Å². The predicted molar refractivity (Wildman–Crippen MR) is 128 cm³/mol. The third-order valence-electron chi connectivity index (χ3n) is 5.96. The average molecular weight is 491 g/mol. The van der Waals surface area contributed by atoms with Gasteiger partial charge in [-0.05, 0) is 42.8 Å². The van der Waals surface area contributed by atoms with Gasteiger partial charge >= 0.3 is 5.69 Å². The molecule has 1 amide bonds. The SMILES string of the molecule is CCCn1c(=O)n(CCC(=O)N2CCN(S(=O)(=O)c3ccc(Cl)cc3)CC2)c2ccccc21. The molecule has 33 heavy (non-hydrogen) atoms. The quantitative estimate of drug-likeness (QED) is 0.509. The van der Waals surface area contributed by atoms with Crippen LogP contribution in [-0.4, -0.2) is 58.8 Å². The molecule has 0 N–H and O–H groups in total. The van der Waals surface area contributed by atoms with Gasteiger partial charge in [0, 0.05) is 50.7 Å². The van der Waals surface area contributed by atoms with E-state index in [9.17, 15) is 18.0 Å². The first-order valence-corrected chi connectivity index (χ1v) is 12.9. The molecule has 0 radical (unpaired) electrons. The van der Waals surface area contributed by atoms with Crippen LogP contribution in [0.2, 0.25) is 5.02 Å². The van der Waals surface area contributed by atoms with Crippen molar-refractivity contribution in [3.05, 3.63) is 64.0 Å². The molecule has 0 saturated carbocycles. The van der Waals surface area contributed by atoms with Crippen molar-refractivity contribution in [1.82, 2.24) is 18.3 Å². The first-order valence-electron chi connectivity index (χ1n) is 11.0. The number of halogens is 1. The predicted octanol–water partition coefficient (Wildman–Crippen LogP) is 2.79. The van der Waals surface area contributed by atoms with Gasteiger partial charge in [-0.15, -0.1) is 0 Å². The summed E-state index contributed by atoms with van der Waals surface area (Å²) in [6, 6.07) is 13.7. The number of imidazole rings is 1. The van der Waals surface area contributed by atoms with E-state index in [0.29, 0.717) is 24.7 Å². The Morgan fingerprint density at radius 1 is 0.909 bits per heavy atom. The molecule has 0 unspecified atom stereocenters. The molecule has 176 valence electrons. The molecule has 0 atom stereocenters. The highest BCUT2D eigenvalue weighted by atomic mass is 35.5. The lowest BCUT2D eigenvalue weighted by Gasteiger charge is -2.34. The summed E-state index contributed by atoms with van der Waals surface area (Å²) in [5, 5.41) is 0.473. The summed E-state index contributed by atoms with van der Waals surface area (Å²) >= 11 is 5.86. The molecule has 4 rings (SSSR count). The topological polar surface area (TPSA) is 84.6 Å². The summed E-state index contributed by atoms with van der Waals surface area (Å²) in [7, 11) is -3.63. The summed E-state index contributed by atoms with van der Waals surface area (Å²) in [5.41, 5.74) is 1.59. The van der Waals surface area contributed by atoms with Crippen LogP contribution in [0.5, 0.6) is 0 Å². The number of nitrogens with zero attached hydrogens (tertiary/aromatic N) is 4. The molecular formula is C23H27ClN4O4S. The van der Waals surface area contributed by atoms with E-state index in [-0.39, 0.29) is 42.5 Å². The Kier molecular flexibility index (Phi) is 6.92. The van der Waals surface area contributed by atoms with Crippen molar-refractivity contribution in [3.63, 3.8) is 0 Å². The van der Waals surface area contributed by atoms with E-state index in [1.165, 1.54) is 16.4 Å². The number of para-hydroxylation sites is 2. The monoisotopic (exact) mass is 490 g/mol. The first-order chi connectivity index (χ1) is 15.8. The Bertz CT molecular complexity index is 1310. The van der Waals surface area contributed by atoms with Gasteiger partial charge in [0.25, 0.3) is 0 Å². The number of fused-ring (bicyclic) bond motifs is 1. The van der Waals surface area contributed by atoms with Crippen molar-refractivity contribution in [1.29, 1.82) is 0 Å². The summed E-state index contributed by atoms with van der Waals surface area (Å²) in [4.78, 5) is 27.6. The van der Waals surface area contributed by atoms with Gasteiger partial charge in [-0.1, -0.05) is 30.7 Å². The van der Waals surface area contributed by atoms with Crippen molar-refractivity contribution < 1.29 is 13.2 Å². The van der Waals surface area contributed by atoms with Gasteiger partial charge in [0.1, 0.15) is 0 Å². The van der Waals surface area contributed by atoms with E-state index in [0.717, 1.165) is 17.5 Å². The third-order valence-corrected chi connectivity index (χ3v) is 8.13. The molecule has 3 aromatic rings. The van der Waals surface area contributed by atoms with Gasteiger partial charge in [-0.2, -0.15) is 4.31 Å². The molecule has 1 saturated heterocycles. The summed E-state index contributed by atoms with van der Waals surface area (Å²) in [6.07, 6.45) is 1.03. The fourth-order valence-electron chi connectivity index (χ4n) is 4.23. The van der Waals surface area contributed by atoms with E-state index in [1.807, 2.05) is 31.2 Å². The van der Waals surface area contributed by atoms with Crippen LogP contribution in [0.15, 0.2) is 58.2 Å². The number of hydrogen-bond donors (Lipinski definition) is 0. The fourth-order valence-corrected chi connectivity index (χ4v) is 5.78. The fraction of sp³-hybridized carbons (Fsp3) is 0.391. The second-order valence-electron chi connectivity index (χ2n) is 8.06. The number of carbonyl (C=O) groups is 1. The van der Waals surface area contributed by atoms with Crippen molar-refractivity contribution in [3.8, 4) is 0 Å². The second kappa shape index (κ2) is 9.70. The summed E-state index contributed by atoms with van der Waals surface area (Å²) < 4.78 is 30.5. The summed E-state index contributed by atoms with van der Waals surface area (Å²) in [5.74, 6) is -0.0854. The number of benzene rings is 2. The van der Waals surface area contributed by atoms with Gasteiger partial charge in [0.05, 0.1) is 15.9 Å². The molecule has 0 aliphatic carbocycles. The highest BCUT2D eigenvalue weighted by Gasteiger charge is 2.30. The summed E-state index contributed by atoms with van der Waals surface area (Å²) in [6.45, 7) is 4.03. The van der Waals surface area contributed by atoms with Crippen molar-refractivity contribution in [2.75, 3.05) is 26.2 Å². The molecule has 1 fully saturated rings. The Hall–Kier alpha value is -2.62. The lowest BCUT2D eigenvalue weighted by Crippen LogP contribution is -2.50. The highest BCUT2D eigenvalue weighted by Crippen LogP contribution is 2.20. The zero-order chi connectivity index (χ0) is 23.6. The van der Waals surface area contributed by atoms with Gasteiger partial charge in [-0.3, -0.25) is 13.9 Å². The molecule has 1 aliphatic rings. The molecule has 10 heteroatoms. The maximum atomic E-state index is 12.9. The van der Waals surface area contributed by atoms with E-state index in [1.54, 1.807) is 26.2 Å². The lowest BCUT2D eigenvalue weighted by atomic mass is 10.3. The largest absolute Gasteiger partial charge is 0.340 e. The Morgan fingerprint density at radius 3 is 2.06 bits per heavy atom. The van der Waals surface area contributed by atoms with Crippen molar-refractivity contribution in [2.45, 2.75) is 37.8 Å². The molecule has 8 nitrogen and oxygen atoms in total. The number of piperazine rings is 1. The van der Waals surface area contributed by atoms with Crippen molar-refractivity contribution in [2.24, 2.45) is 0 Å². The molecular weight excluding hydrogens is 464 g/mol. The Morgan fingerprint density at radius 2 is 1.48 bits per heavy atom. The number of aryl methyl sites for hydroxylation is 2. The molecule has 0 bridgehead atoms. The van der Waals surface area contributed by atoms with Crippen LogP contribution in [0.3, 0.4) is 0 Å². The van der Waals surface area contributed by atoms with Crippen LogP contribution >= 0.6 is 11.6 Å². The second-order valence-corrected chi connectivity index (χ2v) is 10.4. The van der Waals surface area contributed by atoms with E-state index in [4.69, 9.17) is 11.6 Å². The van der Waals surface area contributed by atoms with Crippen LogP contribution in [0.1, 0.15) is 19.8 Å². The molecule has 0 spiro atoms. The van der Waals surface area contributed by atoms with Gasteiger partial charge in [0.2, 0.25) is 15.9 Å². The number of carbonyl (C=O) groups excluding carboxylic acids is 1. The standard InChI is InChI=1S/C23H27ClN4O4S/c1-2-12-27-20-5-3-4-6-21(20)28(23(27)30)13-11-22(29)25-14-16-26(17-15-25)33(31,32)19-9-7-18(24)8-10-19/h3-10H,2,11-17H2,1H3. The highest BCUT2D eigenvalue weighted by molar-refractivity contribution is 7.89. The number of amides is 1. The van der Waals surface area contributed by atoms with Gasteiger partial charge in [-0.25, -0.2) is 13.2 Å². The van der Waals surface area contributed by atoms with Crippen molar-refractivity contribution >= 4 is 38.6 Å². The van der Waals surface area contributed by atoms with Gasteiger partial charge in [0.15, 0.2) is 0 Å². The zero-order valence-electron chi connectivity index (χ0n) is 18.5. The average Bonchev–Trinajstić information content (AvgIpc) is 3.09. The van der Waals surface area contributed by atoms with E-state index < -0.39 is 10.0 Å². The molecule has 2 aromatic carbocycles.